The van der Waals surface area contributed by atoms with Crippen LogP contribution in [0.25, 0.3) is 0 Å². The van der Waals surface area contributed by atoms with Gasteiger partial charge < -0.3 is 0 Å². The molecule has 1 nitrogen and oxygen atoms in total. The number of rotatable bonds is 0. The second-order valence-electron chi connectivity index (χ2n) is 0. The van der Waals surface area contributed by atoms with Crippen LogP contribution in [0.3, 0.4) is 0 Å². The van der Waals surface area contributed by atoms with Crippen LogP contribution >= 0.6 is 0 Å². The Labute approximate surface area is 93.0 Å². The van der Waals surface area contributed by atoms with E-state index < -0.39 is 0 Å². The van der Waals surface area contributed by atoms with Crippen LogP contribution in [0.15, 0.2) is 0 Å². The van der Waals surface area contributed by atoms with E-state index in [0.717, 1.165) is 0 Å². The van der Waals surface area contributed by atoms with Crippen molar-refractivity contribution in [1.29, 1.82) is 0 Å². The van der Waals surface area contributed by atoms with Crippen LogP contribution in [0.2, 0.25) is 0 Å². The molecule has 0 unspecified atom stereocenters. The Morgan fingerprint density at radius 3 is 1.25 bits per heavy atom. The normalized spacial score (nSPS) is 1.00. The average molecular weight is 494 g/mol. The van der Waals surface area contributed by atoms with Gasteiger partial charge in [0.15, 0.2) is 0 Å². The molecule has 4 heavy (non-hydrogen) atoms. The number of hydrogen-bond donors (Lipinski definition) is 0. The SMILES string of the molecule is [O]=[Bi].[Sr].[Ta]. The molecule has 0 spiro atoms. The van der Waals surface area contributed by atoms with E-state index in [4.69, 9.17) is 2.81 Å². The zero-order valence-corrected chi connectivity index (χ0v) is 12.2. The van der Waals surface area contributed by atoms with Gasteiger partial charge >= 0.3 is 27.5 Å². The molecule has 0 heterocycles. The first-order valence-electron chi connectivity index (χ1n) is 0.183. The first-order chi connectivity index (χ1) is 1.00. The first-order valence-corrected chi connectivity index (χ1v) is 1.60. The van der Waals surface area contributed by atoms with Crippen molar-refractivity contribution >= 4 is 70.2 Å². The van der Waals surface area contributed by atoms with Crippen LogP contribution in [0.4, 0.5) is 0 Å². The van der Waals surface area contributed by atoms with Gasteiger partial charge in [0.2, 0.25) is 0 Å². The Hall–Kier alpha value is 2.90. The van der Waals surface area contributed by atoms with E-state index in [1.165, 1.54) is 0 Å². The summed E-state index contributed by atoms with van der Waals surface area (Å²) in [5.74, 6) is 0. The summed E-state index contributed by atoms with van der Waals surface area (Å²) in [6.07, 6.45) is 0. The second kappa shape index (κ2) is 16.8. The second-order valence-corrected chi connectivity index (χ2v) is 0. The average Bonchev–Trinajstić information content (AvgIpc) is 1.00. The summed E-state index contributed by atoms with van der Waals surface area (Å²) >= 11 is 0.194. The van der Waals surface area contributed by atoms with Crippen LogP contribution in [-0.4, -0.2) is 70.2 Å². The molecule has 18 valence electrons. The molecular formula is BiOSrTa. The molecule has 0 aliphatic heterocycles. The molecule has 0 N–H and O–H groups in total. The maximum Gasteiger partial charge on any atom is 0 e. The minimum Gasteiger partial charge on any atom is 0 e. The van der Waals surface area contributed by atoms with Gasteiger partial charge in [-0.2, -0.15) is 0 Å². The minimum atomic E-state index is 0. The van der Waals surface area contributed by atoms with E-state index in [2.05, 4.69) is 0 Å². The Morgan fingerprint density at radius 1 is 1.25 bits per heavy atom. The summed E-state index contributed by atoms with van der Waals surface area (Å²) in [5.41, 5.74) is 0. The van der Waals surface area contributed by atoms with E-state index in [9.17, 15) is 0 Å². The fraction of sp³-hybridized carbons (Fsp3) is 0. The molecule has 0 aromatic heterocycles. The van der Waals surface area contributed by atoms with Gasteiger partial charge in [0, 0.05) is 67.9 Å². The zero-order chi connectivity index (χ0) is 2.00. The molecule has 4 radical (unpaired) electrons. The monoisotopic (exact) mass is 494 g/mol. The Bertz CT molecular complexity index is 8.00. The molecular weight excluding hydrogens is 494 g/mol. The molecule has 0 aromatic rings. The third-order valence-corrected chi connectivity index (χ3v) is 0. The fourth-order valence-corrected chi connectivity index (χ4v) is 0. The molecule has 4 heteroatoms. The van der Waals surface area contributed by atoms with Gasteiger partial charge in [-0.05, 0) is 0 Å². The quantitative estimate of drug-likeness (QED) is 0.401. The standard InChI is InChI=1S/Bi.O.Sr.Ta. The third-order valence-electron chi connectivity index (χ3n) is 0. The maximum atomic E-state index is 8.36. The predicted octanol–water partition coefficient (Wildman–Crippen LogP) is -0.883. The van der Waals surface area contributed by atoms with E-state index in [-0.39, 0.29) is 92.6 Å². The molecule has 0 aromatic carbocycles. The summed E-state index contributed by atoms with van der Waals surface area (Å²) in [6.45, 7) is 0. The van der Waals surface area contributed by atoms with E-state index in [1.807, 2.05) is 0 Å². The van der Waals surface area contributed by atoms with Gasteiger partial charge in [-0.1, -0.05) is 0 Å². The van der Waals surface area contributed by atoms with Crippen LogP contribution in [0, 0.1) is 0 Å². The van der Waals surface area contributed by atoms with Crippen molar-refractivity contribution in [3.63, 3.8) is 0 Å². The van der Waals surface area contributed by atoms with Gasteiger partial charge in [0.25, 0.3) is 0 Å². The Morgan fingerprint density at radius 2 is 1.25 bits per heavy atom. The van der Waals surface area contributed by atoms with E-state index in [0.29, 0.717) is 0 Å². The van der Waals surface area contributed by atoms with Crippen molar-refractivity contribution in [3.8, 4) is 0 Å². The molecule has 0 saturated heterocycles. The van der Waals surface area contributed by atoms with Crippen molar-refractivity contribution in [3.05, 3.63) is 0 Å². The Kier molecular flexibility index (Phi) is 66.5. The molecule has 0 fully saturated rings. The number of hydrogen-bond acceptors (Lipinski definition) is 1. The minimum absolute atomic E-state index is 0. The molecule has 0 amide bonds. The molecule has 0 bridgehead atoms. The van der Waals surface area contributed by atoms with Gasteiger partial charge in [0.05, 0.1) is 0 Å². The third kappa shape index (κ3) is 8.86. The summed E-state index contributed by atoms with van der Waals surface area (Å²) in [5, 5.41) is 0. The summed E-state index contributed by atoms with van der Waals surface area (Å²) in [7, 11) is 0. The topological polar surface area (TPSA) is 17.1 Å². The Balaban J connectivity index is -0.00000000500. The van der Waals surface area contributed by atoms with Gasteiger partial charge in [-0.3, -0.25) is 0 Å². The van der Waals surface area contributed by atoms with Gasteiger partial charge in [-0.15, -0.1) is 0 Å². The molecule has 0 rings (SSSR count). The molecule has 0 aliphatic carbocycles. The molecule has 0 aliphatic rings. The van der Waals surface area contributed by atoms with Crippen molar-refractivity contribution < 1.29 is 25.2 Å². The molecule has 0 atom stereocenters. The van der Waals surface area contributed by atoms with Gasteiger partial charge in [-0.25, -0.2) is 0 Å². The zero-order valence-electron chi connectivity index (χ0n) is 2.01. The molecule has 0 saturated carbocycles. The van der Waals surface area contributed by atoms with E-state index >= 15 is 0 Å². The van der Waals surface area contributed by atoms with Crippen molar-refractivity contribution in [2.75, 3.05) is 0 Å². The van der Waals surface area contributed by atoms with Gasteiger partial charge in [0.1, 0.15) is 0 Å². The first kappa shape index (κ1) is 15.8. The summed E-state index contributed by atoms with van der Waals surface area (Å²) < 4.78 is 8.36. The van der Waals surface area contributed by atoms with Crippen molar-refractivity contribution in [2.45, 2.75) is 0 Å². The van der Waals surface area contributed by atoms with Crippen LogP contribution in [0.5, 0.6) is 0 Å². The largest absolute Gasteiger partial charge is 0 e. The summed E-state index contributed by atoms with van der Waals surface area (Å²) in [4.78, 5) is 0. The van der Waals surface area contributed by atoms with Crippen LogP contribution in [-0.2, 0) is 25.2 Å². The smallest absolute Gasteiger partial charge is 0 e. The summed E-state index contributed by atoms with van der Waals surface area (Å²) in [6, 6.07) is 0. The van der Waals surface area contributed by atoms with Crippen molar-refractivity contribution in [1.82, 2.24) is 0 Å². The predicted molar refractivity (Wildman–Crippen MR) is 12.2 cm³/mol. The van der Waals surface area contributed by atoms with Crippen molar-refractivity contribution in [2.24, 2.45) is 0 Å². The maximum absolute atomic E-state index is 8.36. The fourth-order valence-electron chi connectivity index (χ4n) is 0. The van der Waals surface area contributed by atoms with Crippen LogP contribution in [0.1, 0.15) is 0 Å². The van der Waals surface area contributed by atoms with E-state index in [1.54, 1.807) is 0 Å². The van der Waals surface area contributed by atoms with Crippen LogP contribution < -0.4 is 0 Å².